The highest BCUT2D eigenvalue weighted by Crippen LogP contribution is 2.27. The van der Waals surface area contributed by atoms with E-state index in [1.165, 1.54) is 11.3 Å². The Morgan fingerprint density at radius 1 is 1.67 bits per heavy atom. The van der Waals surface area contributed by atoms with Crippen molar-refractivity contribution >= 4 is 33.2 Å². The molecule has 0 aliphatic rings. The van der Waals surface area contributed by atoms with Crippen LogP contribution in [0.4, 0.5) is 0 Å². The van der Waals surface area contributed by atoms with Gasteiger partial charge in [-0.2, -0.15) is 0 Å². The molecule has 6 heteroatoms. The first-order valence-corrected chi connectivity index (χ1v) is 5.78. The van der Waals surface area contributed by atoms with Gasteiger partial charge < -0.3 is 9.67 Å². The van der Waals surface area contributed by atoms with Crippen LogP contribution < -0.4 is 0 Å². The van der Waals surface area contributed by atoms with Crippen molar-refractivity contribution in [2.45, 2.75) is 0 Å². The number of hydrogen-bond acceptors (Lipinski definition) is 3. The molecule has 2 aromatic rings. The lowest BCUT2D eigenvalue weighted by atomic mass is 10.4. The van der Waals surface area contributed by atoms with Gasteiger partial charge >= 0.3 is 5.97 Å². The number of nitrogens with zero attached hydrogens (tertiary/aromatic N) is 2. The van der Waals surface area contributed by atoms with E-state index in [-0.39, 0.29) is 5.69 Å². The molecule has 78 valence electrons. The third kappa shape index (κ3) is 1.70. The Morgan fingerprint density at radius 3 is 2.87 bits per heavy atom. The van der Waals surface area contributed by atoms with E-state index in [4.69, 9.17) is 5.11 Å². The van der Waals surface area contributed by atoms with Crippen molar-refractivity contribution in [3.63, 3.8) is 0 Å². The topological polar surface area (TPSA) is 55.1 Å². The number of imidazole rings is 1. The second kappa shape index (κ2) is 3.79. The van der Waals surface area contributed by atoms with Crippen molar-refractivity contribution < 1.29 is 9.90 Å². The summed E-state index contributed by atoms with van der Waals surface area (Å²) in [6.45, 7) is 0. The van der Waals surface area contributed by atoms with Crippen molar-refractivity contribution in [2.75, 3.05) is 0 Å². The molecule has 0 saturated carbocycles. The Hall–Kier alpha value is -1.14. The van der Waals surface area contributed by atoms with Gasteiger partial charge in [-0.15, -0.1) is 11.3 Å². The van der Waals surface area contributed by atoms with Gasteiger partial charge in [0.05, 0.1) is 4.88 Å². The molecule has 2 heterocycles. The van der Waals surface area contributed by atoms with Crippen molar-refractivity contribution in [2.24, 2.45) is 7.05 Å². The molecule has 4 nitrogen and oxygen atoms in total. The highest BCUT2D eigenvalue weighted by molar-refractivity contribution is 9.10. The molecular weight excluding hydrogens is 280 g/mol. The van der Waals surface area contributed by atoms with Gasteiger partial charge in [0.15, 0.2) is 11.5 Å². The van der Waals surface area contributed by atoms with Gasteiger partial charge in [-0.05, 0) is 27.4 Å². The number of hydrogen-bond donors (Lipinski definition) is 1. The molecule has 0 aromatic carbocycles. The van der Waals surface area contributed by atoms with Crippen LogP contribution in [0.15, 0.2) is 22.1 Å². The molecule has 0 aliphatic carbocycles. The summed E-state index contributed by atoms with van der Waals surface area (Å²) in [4.78, 5) is 16.1. The molecule has 15 heavy (non-hydrogen) atoms. The predicted molar refractivity (Wildman–Crippen MR) is 61.2 cm³/mol. The Labute approximate surface area is 98.3 Å². The zero-order valence-electron chi connectivity index (χ0n) is 7.77. The summed E-state index contributed by atoms with van der Waals surface area (Å²) in [5, 5.41) is 10.9. The summed E-state index contributed by atoms with van der Waals surface area (Å²) < 4.78 is 1.93. The molecule has 0 spiro atoms. The lowest BCUT2D eigenvalue weighted by Crippen LogP contribution is -2.05. The number of carboxylic acid groups (broad SMARTS) is 1. The van der Waals surface area contributed by atoms with E-state index in [1.807, 2.05) is 17.5 Å². The fourth-order valence-corrected chi connectivity index (χ4v) is 2.68. The number of aromatic nitrogens is 2. The van der Waals surface area contributed by atoms with E-state index in [0.717, 1.165) is 4.88 Å². The summed E-state index contributed by atoms with van der Waals surface area (Å²) in [6.07, 6.45) is 0. The van der Waals surface area contributed by atoms with E-state index in [2.05, 4.69) is 20.9 Å². The van der Waals surface area contributed by atoms with Gasteiger partial charge in [-0.1, -0.05) is 6.07 Å². The number of rotatable bonds is 2. The highest BCUT2D eigenvalue weighted by atomic mass is 79.9. The molecule has 0 aliphatic heterocycles. The predicted octanol–water partition coefficient (Wildman–Crippen LogP) is 2.61. The lowest BCUT2D eigenvalue weighted by Gasteiger charge is -1.99. The molecule has 0 fully saturated rings. The second-order valence-electron chi connectivity index (χ2n) is 2.92. The summed E-state index contributed by atoms with van der Waals surface area (Å²) in [7, 11) is 1.69. The average Bonchev–Trinajstić information content (AvgIpc) is 2.72. The smallest absolute Gasteiger partial charge is 0.355 e. The fraction of sp³-hybridized carbons (Fsp3) is 0.111. The molecule has 0 bridgehead atoms. The molecule has 0 atom stereocenters. The minimum absolute atomic E-state index is 0.165. The summed E-state index contributed by atoms with van der Waals surface area (Å²) in [5.74, 6) is -0.325. The quantitative estimate of drug-likeness (QED) is 0.923. The van der Waals surface area contributed by atoms with Crippen molar-refractivity contribution in [3.8, 4) is 10.7 Å². The maximum atomic E-state index is 10.9. The van der Waals surface area contributed by atoms with Crippen LogP contribution in [-0.4, -0.2) is 20.6 Å². The maximum Gasteiger partial charge on any atom is 0.355 e. The number of thiophene rings is 1. The van der Waals surface area contributed by atoms with Gasteiger partial charge in [0.25, 0.3) is 0 Å². The first-order valence-electron chi connectivity index (χ1n) is 4.10. The largest absolute Gasteiger partial charge is 0.476 e. The Morgan fingerprint density at radius 2 is 2.40 bits per heavy atom. The molecule has 0 amide bonds. The van der Waals surface area contributed by atoms with Gasteiger partial charge in [-0.3, -0.25) is 0 Å². The molecular formula is C9H7BrN2O2S. The first-order chi connectivity index (χ1) is 7.11. The number of aromatic carboxylic acids is 1. The van der Waals surface area contributed by atoms with Gasteiger partial charge in [-0.25, -0.2) is 9.78 Å². The Balaban J connectivity index is 2.61. The van der Waals surface area contributed by atoms with E-state index < -0.39 is 5.97 Å². The Bertz CT molecular complexity index is 504. The minimum Gasteiger partial charge on any atom is -0.476 e. The van der Waals surface area contributed by atoms with Crippen LogP contribution in [0.3, 0.4) is 0 Å². The van der Waals surface area contributed by atoms with Gasteiger partial charge in [0, 0.05) is 7.05 Å². The van der Waals surface area contributed by atoms with Gasteiger partial charge in [0.2, 0.25) is 0 Å². The summed E-state index contributed by atoms with van der Waals surface area (Å²) in [5.41, 5.74) is 0.165. The molecule has 2 rings (SSSR count). The van der Waals surface area contributed by atoms with Crippen LogP contribution in [0.5, 0.6) is 0 Å². The molecule has 2 aromatic heterocycles. The molecule has 0 radical (unpaired) electrons. The van der Waals surface area contributed by atoms with E-state index >= 15 is 0 Å². The Kier molecular flexibility index (Phi) is 2.62. The minimum atomic E-state index is -0.986. The number of halogens is 1. The lowest BCUT2D eigenvalue weighted by molar-refractivity contribution is 0.0685. The number of carbonyl (C=O) groups is 1. The van der Waals surface area contributed by atoms with Crippen LogP contribution >= 0.6 is 27.3 Å². The molecule has 0 unspecified atom stereocenters. The van der Waals surface area contributed by atoms with Crippen LogP contribution in [-0.2, 0) is 7.05 Å². The highest BCUT2D eigenvalue weighted by Gasteiger charge is 2.19. The van der Waals surface area contributed by atoms with E-state index in [9.17, 15) is 4.79 Å². The van der Waals surface area contributed by atoms with Crippen molar-refractivity contribution in [3.05, 3.63) is 27.8 Å². The average molecular weight is 287 g/mol. The van der Waals surface area contributed by atoms with Crippen LogP contribution in [0.25, 0.3) is 10.7 Å². The van der Waals surface area contributed by atoms with Crippen molar-refractivity contribution in [1.82, 2.24) is 9.55 Å². The van der Waals surface area contributed by atoms with Crippen LogP contribution in [0.1, 0.15) is 10.5 Å². The monoisotopic (exact) mass is 286 g/mol. The fourth-order valence-electron chi connectivity index (χ4n) is 1.32. The van der Waals surface area contributed by atoms with Crippen molar-refractivity contribution in [1.29, 1.82) is 0 Å². The zero-order chi connectivity index (χ0) is 11.0. The second-order valence-corrected chi connectivity index (χ2v) is 4.62. The first kappa shape index (κ1) is 10.4. The summed E-state index contributed by atoms with van der Waals surface area (Å²) in [6, 6.07) is 3.81. The normalized spacial score (nSPS) is 10.5. The summed E-state index contributed by atoms with van der Waals surface area (Å²) >= 11 is 4.67. The van der Waals surface area contributed by atoms with Gasteiger partial charge in [0.1, 0.15) is 4.60 Å². The zero-order valence-corrected chi connectivity index (χ0v) is 10.2. The third-order valence-electron chi connectivity index (χ3n) is 2.00. The SMILES string of the molecule is Cn1c(-c2cccs2)nc(Br)c1C(=O)O. The molecule has 0 saturated heterocycles. The van der Waals surface area contributed by atoms with E-state index in [0.29, 0.717) is 10.4 Å². The van der Waals surface area contributed by atoms with Crippen LogP contribution in [0, 0.1) is 0 Å². The third-order valence-corrected chi connectivity index (χ3v) is 3.42. The standard InChI is InChI=1S/C9H7BrN2O2S/c1-12-6(9(13)14)7(10)11-8(12)5-3-2-4-15-5/h2-4H,1H3,(H,13,14). The van der Waals surface area contributed by atoms with E-state index in [1.54, 1.807) is 11.6 Å². The molecule has 1 N–H and O–H groups in total. The maximum absolute atomic E-state index is 10.9. The number of carboxylic acids is 1. The van der Waals surface area contributed by atoms with Crippen LogP contribution in [0.2, 0.25) is 0 Å².